The molecule has 0 radical (unpaired) electrons. The van der Waals surface area contributed by atoms with Crippen molar-refractivity contribution in [3.63, 3.8) is 0 Å². The fraction of sp³-hybridized carbons (Fsp3) is 0.262. The van der Waals surface area contributed by atoms with E-state index in [4.69, 9.17) is 0 Å². The van der Waals surface area contributed by atoms with Gasteiger partial charge in [0.25, 0.3) is 6.71 Å². The quantitative estimate of drug-likeness (QED) is 0.159. The molecule has 8 aromatic carbocycles. The lowest BCUT2D eigenvalue weighted by Crippen LogP contribution is -2.65. The number of rotatable bonds is 5. The maximum absolute atomic E-state index is 2.95. The highest BCUT2D eigenvalue weighted by Crippen LogP contribution is 2.66. The molecule has 2 saturated carbocycles. The summed E-state index contributed by atoms with van der Waals surface area (Å²) in [6.45, 7) is 12.8. The molecule has 4 heteroatoms. The third kappa shape index (κ3) is 5.30. The van der Waals surface area contributed by atoms with Crippen LogP contribution < -0.4 is 31.1 Å². The van der Waals surface area contributed by atoms with E-state index >= 15 is 0 Å². The maximum atomic E-state index is 2.95. The van der Waals surface area contributed by atoms with Gasteiger partial charge in [-0.15, -0.1) is 0 Å². The van der Waals surface area contributed by atoms with Gasteiger partial charge in [-0.05, 0) is 151 Å². The number of hydrogen-bond donors (Lipinski definition) is 0. The van der Waals surface area contributed by atoms with Crippen LogP contribution in [0.4, 0.5) is 39.8 Å². The number of benzene rings is 8. The number of anilines is 7. The van der Waals surface area contributed by atoms with Crippen molar-refractivity contribution in [2.75, 3.05) is 14.7 Å². The fourth-order valence-corrected chi connectivity index (χ4v) is 15.8. The molecule has 0 saturated heterocycles. The highest BCUT2D eigenvalue weighted by molar-refractivity contribution is 7.00. The summed E-state index contributed by atoms with van der Waals surface area (Å²) in [5, 5.41) is 0. The van der Waals surface area contributed by atoms with Gasteiger partial charge in [0.15, 0.2) is 0 Å². The third-order valence-electron chi connectivity index (χ3n) is 18.9. The molecule has 69 heavy (non-hydrogen) atoms. The third-order valence-corrected chi connectivity index (χ3v) is 18.9. The van der Waals surface area contributed by atoms with Crippen LogP contribution in [0.25, 0.3) is 22.3 Å². The van der Waals surface area contributed by atoms with E-state index in [0.717, 1.165) is 12.8 Å². The topological polar surface area (TPSA) is 9.72 Å². The number of fused-ring (bicyclic) bond motifs is 10. The minimum absolute atomic E-state index is 0.00320. The van der Waals surface area contributed by atoms with Crippen LogP contribution >= 0.6 is 0 Å². The van der Waals surface area contributed by atoms with Crippen molar-refractivity contribution < 1.29 is 0 Å². The molecule has 2 aliphatic carbocycles. The van der Waals surface area contributed by atoms with Crippen molar-refractivity contribution in [2.24, 2.45) is 0 Å². The summed E-state index contributed by atoms with van der Waals surface area (Å²) in [5.74, 6) is 0. The Morgan fingerprint density at radius 3 is 1.77 bits per heavy atom. The van der Waals surface area contributed by atoms with Crippen molar-refractivity contribution in [3.05, 3.63) is 204 Å². The van der Waals surface area contributed by atoms with Gasteiger partial charge in [-0.1, -0.05) is 178 Å². The molecule has 2 fully saturated rings. The summed E-state index contributed by atoms with van der Waals surface area (Å²) in [7, 11) is 0. The van der Waals surface area contributed by atoms with Gasteiger partial charge < -0.3 is 14.7 Å². The summed E-state index contributed by atoms with van der Waals surface area (Å²) in [6, 6.07) is 67.6. The molecule has 6 aliphatic rings. The van der Waals surface area contributed by atoms with Gasteiger partial charge in [-0.2, -0.15) is 0 Å². The molecular formula is C65H60BN3. The first-order valence-corrected chi connectivity index (χ1v) is 25.9. The van der Waals surface area contributed by atoms with Gasteiger partial charge >= 0.3 is 0 Å². The van der Waals surface area contributed by atoms with Crippen molar-refractivity contribution in [3.8, 4) is 22.3 Å². The summed E-state index contributed by atoms with van der Waals surface area (Å²) in [5.41, 5.74) is 25.6. The summed E-state index contributed by atoms with van der Waals surface area (Å²) in [4.78, 5) is 8.45. The SMILES string of the molecule is Cc1cc(C)c2c3c1B1c4cc(-c5ccccc5)ccc4N(c4ccc(-c5ccccc5)cc4)c4cc(N5c6ccccc6C6(c7ccccc7)CCCCC56C)cc(c41)N3C1(C)CCCCC21C. The van der Waals surface area contributed by atoms with Crippen LogP contribution in [-0.4, -0.2) is 17.8 Å². The van der Waals surface area contributed by atoms with Crippen LogP contribution in [0, 0.1) is 13.8 Å². The van der Waals surface area contributed by atoms with Gasteiger partial charge in [0.1, 0.15) is 0 Å². The molecule has 0 amide bonds. The second-order valence-corrected chi connectivity index (χ2v) is 22.1. The van der Waals surface area contributed by atoms with Crippen molar-refractivity contribution in [1.29, 1.82) is 0 Å². The average molecular weight is 894 g/mol. The number of aryl methyl sites for hydroxylation is 2. The van der Waals surface area contributed by atoms with Crippen LogP contribution in [0.5, 0.6) is 0 Å². The first kappa shape index (κ1) is 41.2. The normalized spacial score (nSPS) is 24.5. The minimum Gasteiger partial charge on any atom is -0.335 e. The molecule has 4 unspecified atom stereocenters. The Morgan fingerprint density at radius 1 is 0.435 bits per heavy atom. The first-order valence-electron chi connectivity index (χ1n) is 25.9. The average Bonchev–Trinajstić information content (AvgIpc) is 3.76. The fourth-order valence-electron chi connectivity index (χ4n) is 15.8. The molecule has 8 aromatic rings. The predicted octanol–water partition coefficient (Wildman–Crippen LogP) is 14.8. The van der Waals surface area contributed by atoms with Crippen LogP contribution in [0.15, 0.2) is 176 Å². The molecule has 338 valence electrons. The highest BCUT2D eigenvalue weighted by atomic mass is 15.3. The number of para-hydroxylation sites is 1. The van der Waals surface area contributed by atoms with Gasteiger partial charge in [-0.25, -0.2) is 0 Å². The monoisotopic (exact) mass is 893 g/mol. The van der Waals surface area contributed by atoms with Crippen molar-refractivity contribution in [1.82, 2.24) is 0 Å². The van der Waals surface area contributed by atoms with Gasteiger partial charge in [0.2, 0.25) is 0 Å². The van der Waals surface area contributed by atoms with E-state index in [1.165, 1.54) is 139 Å². The van der Waals surface area contributed by atoms with E-state index in [-0.39, 0.29) is 28.6 Å². The van der Waals surface area contributed by atoms with E-state index in [1.54, 1.807) is 5.56 Å². The second kappa shape index (κ2) is 14.6. The smallest absolute Gasteiger partial charge is 0.252 e. The molecular weight excluding hydrogens is 834 g/mol. The zero-order valence-corrected chi connectivity index (χ0v) is 40.8. The Kier molecular flexibility index (Phi) is 8.74. The zero-order valence-electron chi connectivity index (χ0n) is 40.8. The Labute approximate surface area is 409 Å². The van der Waals surface area contributed by atoms with E-state index in [9.17, 15) is 0 Å². The molecule has 0 spiro atoms. The highest BCUT2D eigenvalue weighted by Gasteiger charge is 2.64. The van der Waals surface area contributed by atoms with Crippen LogP contribution in [0.1, 0.15) is 100.0 Å². The lowest BCUT2D eigenvalue weighted by Gasteiger charge is -2.54. The molecule has 4 heterocycles. The van der Waals surface area contributed by atoms with E-state index in [1.807, 2.05) is 0 Å². The first-order chi connectivity index (χ1) is 33.7. The molecule has 14 rings (SSSR count). The van der Waals surface area contributed by atoms with Gasteiger partial charge in [0, 0.05) is 50.6 Å². The van der Waals surface area contributed by atoms with E-state index < -0.39 is 0 Å². The molecule has 0 aromatic heterocycles. The maximum Gasteiger partial charge on any atom is 0.252 e. The second-order valence-electron chi connectivity index (χ2n) is 22.1. The predicted molar refractivity (Wildman–Crippen MR) is 292 cm³/mol. The van der Waals surface area contributed by atoms with Crippen LogP contribution in [-0.2, 0) is 10.8 Å². The standard InChI is InChI=1S/C65H60BN3/c1-43-39-44(2)59-61-58(43)62(3)35-17-18-36-63(62,4)69(61)57-42-51(68-54-28-16-15-27-52(54)65(49-25-13-8-14-26-49)38-20-19-37-64(65,68)5)41-56-60(57)66(59)53-40-48(46-23-11-7-12-24-46)31-34-55(53)67(56)50-32-29-47(30-33-50)45-21-9-6-10-22-45/h6-16,21-34,39-42H,17-20,35-38H2,1-5H3. The van der Waals surface area contributed by atoms with Crippen molar-refractivity contribution in [2.45, 2.75) is 108 Å². The van der Waals surface area contributed by atoms with Gasteiger partial charge in [0.05, 0.1) is 11.1 Å². The lowest BCUT2D eigenvalue weighted by atomic mass is 9.32. The van der Waals surface area contributed by atoms with E-state index in [0.29, 0.717) is 0 Å². The Balaban J connectivity index is 1.10. The Morgan fingerprint density at radius 2 is 1.03 bits per heavy atom. The summed E-state index contributed by atoms with van der Waals surface area (Å²) < 4.78 is 0. The number of hydrogen-bond acceptors (Lipinski definition) is 3. The lowest BCUT2D eigenvalue weighted by molar-refractivity contribution is 0.194. The van der Waals surface area contributed by atoms with Crippen molar-refractivity contribution >= 4 is 62.9 Å². The van der Waals surface area contributed by atoms with Crippen LogP contribution in [0.2, 0.25) is 0 Å². The Hall–Kier alpha value is -6.78. The molecule has 0 N–H and O–H groups in total. The number of nitrogens with zero attached hydrogens (tertiary/aromatic N) is 3. The molecule has 0 bridgehead atoms. The summed E-state index contributed by atoms with van der Waals surface area (Å²) in [6.07, 6.45) is 9.57. The van der Waals surface area contributed by atoms with Crippen LogP contribution in [0.3, 0.4) is 0 Å². The zero-order chi connectivity index (χ0) is 46.4. The summed E-state index contributed by atoms with van der Waals surface area (Å²) >= 11 is 0. The molecule has 3 nitrogen and oxygen atoms in total. The van der Waals surface area contributed by atoms with Gasteiger partial charge in [-0.3, -0.25) is 0 Å². The largest absolute Gasteiger partial charge is 0.335 e. The molecule has 4 atom stereocenters. The minimum atomic E-state index is -0.199. The van der Waals surface area contributed by atoms with E-state index in [2.05, 4.69) is 225 Å². The molecule has 4 aliphatic heterocycles. The Bertz CT molecular complexity index is 3380.